The molecule has 1 unspecified atom stereocenters. The Hall–Kier alpha value is -3.77. The smallest absolute Gasteiger partial charge is 0.221 e. The van der Waals surface area contributed by atoms with Gasteiger partial charge in [0.1, 0.15) is 0 Å². The first-order valence-corrected chi connectivity index (χ1v) is 10.8. The number of ether oxygens (including phenoxy) is 1. The Labute approximate surface area is 188 Å². The molecular weight excluding hydrogens is 398 g/mol. The van der Waals surface area contributed by atoms with Crippen LogP contribution in [-0.4, -0.2) is 27.9 Å². The van der Waals surface area contributed by atoms with Crippen molar-refractivity contribution in [2.24, 2.45) is 0 Å². The van der Waals surface area contributed by atoms with Crippen molar-refractivity contribution in [3.63, 3.8) is 0 Å². The maximum atomic E-state index is 6.28. The Bertz CT molecular complexity index is 1210. The third kappa shape index (κ3) is 3.39. The molecule has 0 amide bonds. The van der Waals surface area contributed by atoms with Crippen molar-refractivity contribution in [3.05, 3.63) is 90.5 Å². The average Bonchev–Trinajstić information content (AvgIpc) is 3.14. The fourth-order valence-electron chi connectivity index (χ4n) is 4.43. The zero-order chi connectivity index (χ0) is 22.1. The van der Waals surface area contributed by atoms with Crippen LogP contribution in [0.1, 0.15) is 18.1 Å². The van der Waals surface area contributed by atoms with Crippen LogP contribution in [0.4, 0.5) is 23.0 Å². The molecule has 4 aromatic rings. The molecule has 2 aromatic carbocycles. The minimum absolute atomic E-state index is 0.384. The molecule has 160 valence electrons. The zero-order valence-corrected chi connectivity index (χ0v) is 18.4. The highest BCUT2D eigenvalue weighted by Crippen LogP contribution is 2.46. The number of rotatable bonds is 5. The topological polar surface area (TPSA) is 54.4 Å². The summed E-state index contributed by atoms with van der Waals surface area (Å²) in [5.74, 6) is 1.57. The van der Waals surface area contributed by atoms with Crippen LogP contribution in [0, 0.1) is 13.8 Å². The van der Waals surface area contributed by atoms with Gasteiger partial charge in [-0.25, -0.2) is 9.97 Å². The quantitative estimate of drug-likeness (QED) is 0.406. The molecule has 0 spiro atoms. The first kappa shape index (κ1) is 20.2. The van der Waals surface area contributed by atoms with Crippen molar-refractivity contribution in [1.82, 2.24) is 15.0 Å². The van der Waals surface area contributed by atoms with E-state index < -0.39 is 0 Å². The van der Waals surface area contributed by atoms with Crippen LogP contribution in [0.5, 0.6) is 0 Å². The highest BCUT2D eigenvalue weighted by Gasteiger charge is 2.41. The second-order valence-corrected chi connectivity index (χ2v) is 7.75. The van der Waals surface area contributed by atoms with Gasteiger partial charge < -0.3 is 4.74 Å². The van der Waals surface area contributed by atoms with E-state index in [0.717, 1.165) is 28.6 Å². The number of para-hydroxylation sites is 1. The second-order valence-electron chi connectivity index (χ2n) is 7.75. The maximum absolute atomic E-state index is 6.28. The summed E-state index contributed by atoms with van der Waals surface area (Å²) in [5.41, 5.74) is 6.79. The van der Waals surface area contributed by atoms with Crippen LogP contribution >= 0.6 is 0 Å². The number of fused-ring (bicyclic) bond motifs is 1. The van der Waals surface area contributed by atoms with Gasteiger partial charge in [-0.05, 0) is 79.4 Å². The Balaban J connectivity index is 1.65. The predicted octanol–water partition coefficient (Wildman–Crippen LogP) is 5.77. The number of hydrogen-bond acceptors (Lipinski definition) is 6. The van der Waals surface area contributed by atoms with Crippen molar-refractivity contribution in [2.75, 3.05) is 16.4 Å². The van der Waals surface area contributed by atoms with Gasteiger partial charge in [-0.15, -0.1) is 0 Å². The Morgan fingerprint density at radius 3 is 1.97 bits per heavy atom. The van der Waals surface area contributed by atoms with Crippen molar-refractivity contribution >= 4 is 23.0 Å². The minimum Gasteiger partial charge on any atom is -0.340 e. The molecular formula is C26H25N5O. The highest BCUT2D eigenvalue weighted by molar-refractivity contribution is 5.84. The molecule has 0 N–H and O–H groups in total. The zero-order valence-electron chi connectivity index (χ0n) is 18.4. The number of anilines is 4. The van der Waals surface area contributed by atoms with Gasteiger partial charge >= 0.3 is 0 Å². The summed E-state index contributed by atoms with van der Waals surface area (Å²) in [7, 11) is 0. The van der Waals surface area contributed by atoms with E-state index in [4.69, 9.17) is 9.72 Å². The summed E-state index contributed by atoms with van der Waals surface area (Å²) in [6.45, 7) is 6.86. The lowest BCUT2D eigenvalue weighted by Gasteiger charge is -2.32. The van der Waals surface area contributed by atoms with Gasteiger partial charge in [0.05, 0.1) is 0 Å². The SMILES string of the molecule is CCOC1N(c2ccccc2)c2nccnc2N1c1cc(C)c(-c2ccncc2)c(C)c1. The van der Waals surface area contributed by atoms with E-state index in [1.165, 1.54) is 16.7 Å². The summed E-state index contributed by atoms with van der Waals surface area (Å²) in [6.07, 6.45) is 6.73. The molecule has 1 aliphatic heterocycles. The van der Waals surface area contributed by atoms with Crippen LogP contribution in [0.15, 0.2) is 79.4 Å². The number of aryl methyl sites for hydroxylation is 2. The van der Waals surface area contributed by atoms with Gasteiger partial charge in [-0.2, -0.15) is 0 Å². The molecule has 0 radical (unpaired) electrons. The summed E-state index contributed by atoms with van der Waals surface area (Å²) in [6, 6.07) is 18.7. The number of aromatic nitrogens is 3. The molecule has 6 nitrogen and oxygen atoms in total. The largest absolute Gasteiger partial charge is 0.340 e. The first-order chi connectivity index (χ1) is 15.7. The normalized spacial score (nSPS) is 15.2. The highest BCUT2D eigenvalue weighted by atomic mass is 16.5. The number of hydrogen-bond donors (Lipinski definition) is 0. The lowest BCUT2D eigenvalue weighted by molar-refractivity contribution is 0.0767. The van der Waals surface area contributed by atoms with E-state index in [2.05, 4.69) is 57.9 Å². The molecule has 1 aliphatic rings. The Morgan fingerprint density at radius 1 is 0.781 bits per heavy atom. The second kappa shape index (κ2) is 8.40. The van der Waals surface area contributed by atoms with E-state index in [-0.39, 0.29) is 6.35 Å². The minimum atomic E-state index is -0.384. The molecule has 2 aromatic heterocycles. The van der Waals surface area contributed by atoms with Gasteiger partial charge in [0.2, 0.25) is 6.35 Å². The predicted molar refractivity (Wildman–Crippen MR) is 127 cm³/mol. The molecule has 5 rings (SSSR count). The van der Waals surface area contributed by atoms with Gasteiger partial charge in [0.25, 0.3) is 0 Å². The monoisotopic (exact) mass is 423 g/mol. The van der Waals surface area contributed by atoms with E-state index in [1.54, 1.807) is 12.4 Å². The first-order valence-electron chi connectivity index (χ1n) is 10.8. The van der Waals surface area contributed by atoms with Crippen molar-refractivity contribution in [2.45, 2.75) is 27.1 Å². The van der Waals surface area contributed by atoms with Crippen LogP contribution in [-0.2, 0) is 4.74 Å². The Morgan fingerprint density at radius 2 is 1.38 bits per heavy atom. The average molecular weight is 424 g/mol. The van der Waals surface area contributed by atoms with Crippen LogP contribution < -0.4 is 9.80 Å². The molecule has 32 heavy (non-hydrogen) atoms. The molecule has 0 saturated heterocycles. The lowest BCUT2D eigenvalue weighted by atomic mass is 9.95. The molecule has 0 bridgehead atoms. The molecule has 0 aliphatic carbocycles. The van der Waals surface area contributed by atoms with Crippen LogP contribution in [0.25, 0.3) is 11.1 Å². The van der Waals surface area contributed by atoms with E-state index in [1.807, 2.05) is 49.6 Å². The van der Waals surface area contributed by atoms with Crippen LogP contribution in [0.2, 0.25) is 0 Å². The summed E-state index contributed by atoms with van der Waals surface area (Å²) in [5, 5.41) is 0. The third-order valence-corrected chi connectivity index (χ3v) is 5.67. The molecule has 1 atom stereocenters. The maximum Gasteiger partial charge on any atom is 0.221 e. The molecule has 0 saturated carbocycles. The lowest BCUT2D eigenvalue weighted by Crippen LogP contribution is -2.41. The van der Waals surface area contributed by atoms with Gasteiger partial charge in [-0.3, -0.25) is 14.8 Å². The van der Waals surface area contributed by atoms with Crippen molar-refractivity contribution in [3.8, 4) is 11.1 Å². The summed E-state index contributed by atoms with van der Waals surface area (Å²) < 4.78 is 6.28. The fourth-order valence-corrected chi connectivity index (χ4v) is 4.43. The van der Waals surface area contributed by atoms with Gasteiger partial charge in [0.15, 0.2) is 11.6 Å². The van der Waals surface area contributed by atoms with Crippen LogP contribution in [0.3, 0.4) is 0 Å². The number of pyridine rings is 1. The number of benzene rings is 2. The summed E-state index contributed by atoms with van der Waals surface area (Å²) >= 11 is 0. The van der Waals surface area contributed by atoms with Crippen molar-refractivity contribution in [1.29, 1.82) is 0 Å². The number of nitrogens with zero attached hydrogens (tertiary/aromatic N) is 5. The Kier molecular flexibility index (Phi) is 5.29. The fraction of sp³-hybridized carbons (Fsp3) is 0.192. The standard InChI is InChI=1S/C26H25N5O/c1-4-32-26-30(21-8-6-5-7-9-21)24-25(29-15-14-28-24)31(26)22-16-18(2)23(19(3)17-22)20-10-12-27-13-11-20/h5-17,26H,4H2,1-3H3. The molecule has 0 fully saturated rings. The van der Waals surface area contributed by atoms with E-state index in [9.17, 15) is 0 Å². The van der Waals surface area contributed by atoms with Crippen molar-refractivity contribution < 1.29 is 4.74 Å². The van der Waals surface area contributed by atoms with Gasteiger partial charge in [0, 0.05) is 42.8 Å². The van der Waals surface area contributed by atoms with E-state index >= 15 is 0 Å². The third-order valence-electron chi connectivity index (χ3n) is 5.67. The van der Waals surface area contributed by atoms with E-state index in [0.29, 0.717) is 6.61 Å². The summed E-state index contributed by atoms with van der Waals surface area (Å²) in [4.78, 5) is 17.8. The molecule has 6 heteroatoms. The molecule has 3 heterocycles. The van der Waals surface area contributed by atoms with Gasteiger partial charge in [-0.1, -0.05) is 18.2 Å².